The smallest absolute Gasteiger partial charge is 0.471 e. The van der Waals surface area contributed by atoms with Gasteiger partial charge in [-0.3, -0.25) is 24.0 Å². The molecule has 0 rings (SSSR count). The number of aliphatic hydroxyl groups is 2. The predicted octanol–water partition coefficient (Wildman–Crippen LogP) is 4.78. The van der Waals surface area contributed by atoms with Crippen LogP contribution in [0.3, 0.4) is 0 Å². The Balaban J connectivity index is -0.000000269. The van der Waals surface area contributed by atoms with Crippen molar-refractivity contribution in [3.8, 4) is 0 Å². The number of ether oxygens (including phenoxy) is 8. The highest BCUT2D eigenvalue weighted by Gasteiger charge is 2.38. The van der Waals surface area contributed by atoms with E-state index in [1.54, 1.807) is 5.32 Å². The lowest BCUT2D eigenvalue weighted by molar-refractivity contribution is -0.173. The molecule has 0 aliphatic heterocycles. The lowest BCUT2D eigenvalue weighted by atomic mass is 10.1. The molecule has 0 aromatic heterocycles. The molecule has 28 nitrogen and oxygen atoms in total. The Kier molecular flexibility index (Phi) is 75.0. The molecule has 2 unspecified atom stereocenters. The van der Waals surface area contributed by atoms with E-state index in [1.165, 1.54) is 36.5 Å². The summed E-state index contributed by atoms with van der Waals surface area (Å²) in [7, 11) is 0. The van der Waals surface area contributed by atoms with E-state index < -0.39 is 90.1 Å². The molecule has 0 fully saturated rings. The first-order valence-corrected chi connectivity index (χ1v) is 29.5. The molecular formula is C60H103F3N6O22S4. The van der Waals surface area contributed by atoms with Crippen molar-refractivity contribution in [1.29, 1.82) is 0 Å². The van der Waals surface area contributed by atoms with Crippen LogP contribution in [0.5, 0.6) is 0 Å². The van der Waals surface area contributed by atoms with Crippen molar-refractivity contribution in [2.24, 2.45) is 0 Å². The van der Waals surface area contributed by atoms with Gasteiger partial charge in [0.15, 0.2) is 0 Å². The van der Waals surface area contributed by atoms with Crippen molar-refractivity contribution in [3.05, 3.63) is 75.9 Å². The van der Waals surface area contributed by atoms with Gasteiger partial charge in [-0.05, 0) is 77.0 Å². The summed E-state index contributed by atoms with van der Waals surface area (Å²) in [5, 5.41) is 39.4. The van der Waals surface area contributed by atoms with E-state index in [9.17, 15) is 65.9 Å². The summed E-state index contributed by atoms with van der Waals surface area (Å²) >= 11 is 0. The number of amides is 6. The molecule has 0 bridgehead atoms. The first-order valence-electron chi connectivity index (χ1n) is 29.5. The van der Waals surface area contributed by atoms with Gasteiger partial charge in [0.05, 0.1) is 26.4 Å². The predicted molar refractivity (Wildman–Crippen MR) is 366 cm³/mol. The second-order valence-electron chi connectivity index (χ2n) is 18.9. The molecule has 550 valence electrons. The van der Waals surface area contributed by atoms with E-state index in [-0.39, 0.29) is 177 Å². The van der Waals surface area contributed by atoms with Gasteiger partial charge >= 0.3 is 65.9 Å². The zero-order chi connectivity index (χ0) is 68.9. The van der Waals surface area contributed by atoms with Gasteiger partial charge in [0.25, 0.3) is 0 Å². The van der Waals surface area contributed by atoms with Gasteiger partial charge in [-0.2, -0.15) is 67.2 Å². The summed E-state index contributed by atoms with van der Waals surface area (Å²) in [6.07, 6.45) is 9.27. The van der Waals surface area contributed by atoms with Crippen LogP contribution >= 0.6 is 54.0 Å². The SMILES string of the molecule is C=CCOC(=O)CCC(NC(=O)N[C@@H](CCCCNC(=O)C(F)(F)F)C(=O)OCC=C)C(=O)OCC=C.C=CCOC(=O)CCC(NC(=O)N[C@@H](CCCCNC(=O)CCCCCOCCO)C(=O)OCC=C)C(=O)OCC=C.O=C(O)CCCCCOCCO.S.S.S.S. The fourth-order valence-corrected chi connectivity index (χ4v) is 6.87. The Hall–Kier alpha value is -6.76. The van der Waals surface area contributed by atoms with Crippen molar-refractivity contribution in [2.75, 3.05) is 92.4 Å². The molecule has 0 aliphatic rings. The maximum Gasteiger partial charge on any atom is 0.471 e. The number of nitrogens with one attached hydrogen (secondary N) is 6. The van der Waals surface area contributed by atoms with Gasteiger partial charge < -0.3 is 85.1 Å². The Morgan fingerprint density at radius 2 is 0.705 bits per heavy atom. The van der Waals surface area contributed by atoms with E-state index >= 15 is 0 Å². The third-order valence-electron chi connectivity index (χ3n) is 11.3. The summed E-state index contributed by atoms with van der Waals surface area (Å²) in [4.78, 5) is 131. The number of aliphatic carboxylic acids is 1. The number of urea groups is 2. The Morgan fingerprint density at radius 3 is 1.02 bits per heavy atom. The standard InChI is InChI=1S/C29H47N3O10.C23H32F3N3O8.C8H16O4.4H2S/c1-4-18-40-26(35)15-14-24(28(37)42-20-6-3)32-29(38)31-23(27(36)41-19-5-2)12-9-10-16-30-25(34)13-8-7-11-21-39-22-17-33;1-4-13-35-18(30)11-10-17(20(32)37-15-6-3)29-22(34)28-16(19(31)36-14-5-2)9-7-8-12-27-21(33)23(24,25)26;9-5-7-12-6-3-1-2-4-8(10)11;;;;/h4-6,23-24,33H,1-3,7-22H2,(H,30,34)(H2,31,32,38);4-6,16-17H,1-3,7-15H2,(H,27,33)(H2,28,29,34);9H,1-7H2,(H,10,11);4*1H2/t23-,24?;16-,17?;;;;;/m00...../s1. The van der Waals surface area contributed by atoms with Gasteiger partial charge in [0.1, 0.15) is 63.8 Å². The Labute approximate surface area is 582 Å². The van der Waals surface area contributed by atoms with Gasteiger partial charge in [-0.15, -0.1) is 0 Å². The lowest BCUT2D eigenvalue weighted by Crippen LogP contribution is -2.52. The van der Waals surface area contributed by atoms with Gasteiger partial charge in [-0.1, -0.05) is 88.8 Å². The number of esters is 6. The number of hydrogen-bond acceptors (Lipinski definition) is 21. The molecule has 0 saturated carbocycles. The van der Waals surface area contributed by atoms with Crippen LogP contribution in [-0.4, -0.2) is 204 Å². The number of halogens is 3. The summed E-state index contributed by atoms with van der Waals surface area (Å²) in [6, 6.07) is -6.53. The van der Waals surface area contributed by atoms with Gasteiger partial charge in [0.2, 0.25) is 5.91 Å². The quantitative estimate of drug-likeness (QED) is 0.0171. The average Bonchev–Trinajstić information content (AvgIpc) is 3.72. The third-order valence-corrected chi connectivity index (χ3v) is 11.3. The molecule has 6 amide bonds. The maximum absolute atomic E-state index is 12.7. The van der Waals surface area contributed by atoms with Crippen LogP contribution in [0.25, 0.3) is 0 Å². The molecule has 0 aliphatic carbocycles. The first kappa shape index (κ1) is 102. The number of carbonyl (C=O) groups excluding carboxylic acids is 10. The molecule has 0 saturated heterocycles. The summed E-state index contributed by atoms with van der Waals surface area (Å²) in [5.41, 5.74) is 0. The van der Waals surface area contributed by atoms with Crippen molar-refractivity contribution in [3.63, 3.8) is 0 Å². The molecule has 4 atom stereocenters. The van der Waals surface area contributed by atoms with Crippen LogP contribution in [0.1, 0.15) is 116 Å². The van der Waals surface area contributed by atoms with E-state index in [2.05, 4.69) is 66.1 Å². The monoisotopic (exact) mass is 1440 g/mol. The zero-order valence-electron chi connectivity index (χ0n) is 53.9. The largest absolute Gasteiger partial charge is 0.481 e. The Morgan fingerprint density at radius 1 is 0.389 bits per heavy atom. The van der Waals surface area contributed by atoms with Crippen molar-refractivity contribution in [1.82, 2.24) is 31.9 Å². The molecule has 0 spiro atoms. The average molecular weight is 1450 g/mol. The summed E-state index contributed by atoms with van der Waals surface area (Å²) in [6.45, 7) is 22.2. The summed E-state index contributed by atoms with van der Waals surface area (Å²) < 4.78 is 76.6. The van der Waals surface area contributed by atoms with Crippen LogP contribution < -0.4 is 31.9 Å². The minimum absolute atomic E-state index is 0. The molecule has 0 aromatic rings. The number of carboxylic acid groups (broad SMARTS) is 1. The second kappa shape index (κ2) is 70.1. The maximum atomic E-state index is 12.7. The normalized spacial score (nSPS) is 11.2. The Bertz CT molecular complexity index is 2210. The fraction of sp³-hybridized carbons (Fsp3) is 0.617. The topological polar surface area (TPSA) is 394 Å². The lowest BCUT2D eigenvalue weighted by Gasteiger charge is -2.21. The van der Waals surface area contributed by atoms with Crippen LogP contribution in [0.2, 0.25) is 0 Å². The molecular weight excluding hydrogens is 1340 g/mol. The highest BCUT2D eigenvalue weighted by Crippen LogP contribution is 2.15. The molecule has 0 heterocycles. The molecule has 35 heteroatoms. The minimum atomic E-state index is -5.01. The van der Waals surface area contributed by atoms with Crippen molar-refractivity contribution in [2.45, 2.75) is 146 Å². The first-order chi connectivity index (χ1) is 43.5. The number of carbonyl (C=O) groups is 11. The molecule has 0 aromatic carbocycles. The van der Waals surface area contributed by atoms with Crippen molar-refractivity contribution >= 4 is 120 Å². The van der Waals surface area contributed by atoms with Crippen LogP contribution in [0.15, 0.2) is 75.9 Å². The van der Waals surface area contributed by atoms with E-state index in [4.69, 9.17) is 53.2 Å². The van der Waals surface area contributed by atoms with Crippen molar-refractivity contribution < 1.29 is 119 Å². The van der Waals surface area contributed by atoms with E-state index in [0.717, 1.165) is 32.1 Å². The summed E-state index contributed by atoms with van der Waals surface area (Å²) in [5.74, 6) is -7.32. The highest BCUT2D eigenvalue weighted by atomic mass is 32.1. The minimum Gasteiger partial charge on any atom is -0.481 e. The van der Waals surface area contributed by atoms with E-state index in [0.29, 0.717) is 58.7 Å². The fourth-order valence-electron chi connectivity index (χ4n) is 6.87. The van der Waals surface area contributed by atoms with Crippen LogP contribution in [0.4, 0.5) is 22.8 Å². The molecule has 95 heavy (non-hydrogen) atoms. The molecule has 0 radical (unpaired) electrons. The van der Waals surface area contributed by atoms with Crippen LogP contribution in [-0.2, 0) is 81.0 Å². The number of unbranched alkanes of at least 4 members (excludes halogenated alkanes) is 6. The number of carboxylic acids is 1. The second-order valence-corrected chi connectivity index (χ2v) is 18.9. The van der Waals surface area contributed by atoms with Gasteiger partial charge in [0, 0.05) is 52.0 Å². The zero-order valence-corrected chi connectivity index (χ0v) is 57.9. The van der Waals surface area contributed by atoms with Crippen LogP contribution in [0, 0.1) is 0 Å². The van der Waals surface area contributed by atoms with Gasteiger partial charge in [-0.25, -0.2) is 28.8 Å². The number of hydrogen-bond donors (Lipinski definition) is 9. The number of rotatable bonds is 52. The number of alkyl halides is 3. The highest BCUT2D eigenvalue weighted by molar-refractivity contribution is 7.59. The van der Waals surface area contributed by atoms with E-state index in [1.807, 2.05) is 0 Å². The third kappa shape index (κ3) is 64.4. The number of aliphatic hydroxyl groups excluding tert-OH is 2. The molecule has 9 N–H and O–H groups in total.